The van der Waals surface area contributed by atoms with Gasteiger partial charge in [-0.05, 0) is 19.9 Å². The third kappa shape index (κ3) is 2.84. The van der Waals surface area contributed by atoms with Crippen molar-refractivity contribution in [2.24, 2.45) is 0 Å². The van der Waals surface area contributed by atoms with Crippen molar-refractivity contribution in [2.45, 2.75) is 45.7 Å². The Labute approximate surface area is 86.5 Å². The third-order valence-corrected chi connectivity index (χ3v) is 2.55. The maximum absolute atomic E-state index is 4.35. The maximum atomic E-state index is 4.35. The highest BCUT2D eigenvalue weighted by Crippen LogP contribution is 2.14. The molecule has 80 valence electrons. The lowest BCUT2D eigenvalue weighted by Gasteiger charge is -2.10. The van der Waals surface area contributed by atoms with Gasteiger partial charge in [-0.3, -0.25) is 4.68 Å². The number of hydrogen-bond donors (Lipinski definition) is 1. The summed E-state index contributed by atoms with van der Waals surface area (Å²) in [6.07, 6.45) is 7.66. The van der Waals surface area contributed by atoms with Gasteiger partial charge in [-0.2, -0.15) is 5.10 Å². The topological polar surface area (TPSA) is 29.9 Å². The summed E-state index contributed by atoms with van der Waals surface area (Å²) in [5, 5.41) is 7.63. The van der Waals surface area contributed by atoms with Gasteiger partial charge in [0.2, 0.25) is 0 Å². The van der Waals surface area contributed by atoms with Crippen LogP contribution in [-0.4, -0.2) is 16.8 Å². The van der Waals surface area contributed by atoms with Crippen molar-refractivity contribution in [1.82, 2.24) is 15.1 Å². The average molecular weight is 195 g/mol. The molecule has 0 saturated heterocycles. The number of unbranched alkanes of at least 4 members (excludes halogenated alkanes) is 1. The predicted molar refractivity (Wildman–Crippen MR) is 59.2 cm³/mol. The van der Waals surface area contributed by atoms with Crippen molar-refractivity contribution < 1.29 is 0 Å². The normalized spacial score (nSPS) is 13.1. The summed E-state index contributed by atoms with van der Waals surface area (Å²) < 4.78 is 2.04. The first kappa shape index (κ1) is 11.2. The van der Waals surface area contributed by atoms with Gasteiger partial charge in [-0.1, -0.05) is 20.3 Å². The van der Waals surface area contributed by atoms with Crippen LogP contribution in [0.15, 0.2) is 12.4 Å². The Morgan fingerprint density at radius 3 is 2.86 bits per heavy atom. The molecule has 0 amide bonds. The summed E-state index contributed by atoms with van der Waals surface area (Å²) in [5.74, 6) is 0. The second-order valence-corrected chi connectivity index (χ2v) is 3.64. The lowest BCUT2D eigenvalue weighted by atomic mass is 10.1. The SMILES string of the molecule is CCCCn1cc(C(CC)NC)cn1. The first-order valence-electron chi connectivity index (χ1n) is 5.51. The van der Waals surface area contributed by atoms with E-state index in [1.54, 1.807) is 0 Å². The molecule has 1 unspecified atom stereocenters. The van der Waals surface area contributed by atoms with Crippen molar-refractivity contribution in [3.8, 4) is 0 Å². The number of hydrogen-bond acceptors (Lipinski definition) is 2. The van der Waals surface area contributed by atoms with Crippen molar-refractivity contribution >= 4 is 0 Å². The molecule has 1 atom stereocenters. The summed E-state index contributed by atoms with van der Waals surface area (Å²) >= 11 is 0. The molecule has 0 aliphatic rings. The molecular formula is C11H21N3. The van der Waals surface area contributed by atoms with Crippen LogP contribution in [0.3, 0.4) is 0 Å². The van der Waals surface area contributed by atoms with E-state index in [2.05, 4.69) is 30.5 Å². The Balaban J connectivity index is 2.57. The highest BCUT2D eigenvalue weighted by Gasteiger charge is 2.08. The second-order valence-electron chi connectivity index (χ2n) is 3.64. The van der Waals surface area contributed by atoms with Gasteiger partial charge in [-0.15, -0.1) is 0 Å². The third-order valence-electron chi connectivity index (χ3n) is 2.55. The quantitative estimate of drug-likeness (QED) is 0.755. The standard InChI is InChI=1S/C11H21N3/c1-4-6-7-14-9-10(8-13-14)11(5-2)12-3/h8-9,11-12H,4-7H2,1-3H3. The first-order chi connectivity index (χ1) is 6.81. The summed E-state index contributed by atoms with van der Waals surface area (Å²) in [6, 6.07) is 0.449. The van der Waals surface area contributed by atoms with Crippen LogP contribution < -0.4 is 5.32 Å². The highest BCUT2D eigenvalue weighted by molar-refractivity contribution is 5.09. The molecular weight excluding hydrogens is 174 g/mol. The Kier molecular flexibility index (Phi) is 4.66. The molecule has 0 aliphatic heterocycles. The molecule has 3 nitrogen and oxygen atoms in total. The van der Waals surface area contributed by atoms with Gasteiger partial charge in [-0.25, -0.2) is 0 Å². The van der Waals surface area contributed by atoms with Gasteiger partial charge >= 0.3 is 0 Å². The second kappa shape index (κ2) is 5.81. The Morgan fingerprint density at radius 2 is 2.29 bits per heavy atom. The van der Waals surface area contributed by atoms with Crippen LogP contribution in [0, 0.1) is 0 Å². The molecule has 0 bridgehead atoms. The average Bonchev–Trinajstić information content (AvgIpc) is 2.65. The molecule has 1 heterocycles. The summed E-state index contributed by atoms with van der Waals surface area (Å²) in [7, 11) is 2.00. The molecule has 14 heavy (non-hydrogen) atoms. The Bertz CT molecular complexity index is 251. The maximum Gasteiger partial charge on any atom is 0.0537 e. The van der Waals surface area contributed by atoms with Gasteiger partial charge in [0, 0.05) is 24.3 Å². The van der Waals surface area contributed by atoms with Crippen LogP contribution in [0.2, 0.25) is 0 Å². The van der Waals surface area contributed by atoms with Crippen molar-refractivity contribution in [2.75, 3.05) is 7.05 Å². The highest BCUT2D eigenvalue weighted by atomic mass is 15.3. The fraction of sp³-hybridized carbons (Fsp3) is 0.727. The molecule has 1 aromatic heterocycles. The minimum atomic E-state index is 0.449. The van der Waals surface area contributed by atoms with E-state index >= 15 is 0 Å². The molecule has 0 saturated carbocycles. The largest absolute Gasteiger partial charge is 0.313 e. The fourth-order valence-corrected chi connectivity index (χ4v) is 1.61. The summed E-state index contributed by atoms with van der Waals surface area (Å²) in [5.41, 5.74) is 1.30. The number of nitrogens with zero attached hydrogens (tertiary/aromatic N) is 2. The van der Waals surface area contributed by atoms with E-state index < -0.39 is 0 Å². The van der Waals surface area contributed by atoms with E-state index in [0.29, 0.717) is 6.04 Å². The molecule has 0 spiro atoms. The molecule has 1 N–H and O–H groups in total. The first-order valence-corrected chi connectivity index (χ1v) is 5.51. The number of nitrogens with one attached hydrogen (secondary N) is 1. The smallest absolute Gasteiger partial charge is 0.0537 e. The summed E-state index contributed by atoms with van der Waals surface area (Å²) in [6.45, 7) is 5.42. The molecule has 0 aromatic carbocycles. The molecule has 1 rings (SSSR count). The van der Waals surface area contributed by atoms with Gasteiger partial charge in [0.05, 0.1) is 6.20 Å². The molecule has 0 radical (unpaired) electrons. The van der Waals surface area contributed by atoms with E-state index in [0.717, 1.165) is 13.0 Å². The predicted octanol–water partition coefficient (Wildman–Crippen LogP) is 2.35. The van der Waals surface area contributed by atoms with Crippen molar-refractivity contribution in [3.05, 3.63) is 18.0 Å². The van der Waals surface area contributed by atoms with Crippen molar-refractivity contribution in [3.63, 3.8) is 0 Å². The van der Waals surface area contributed by atoms with Crippen LogP contribution in [0.25, 0.3) is 0 Å². The van der Waals surface area contributed by atoms with E-state index in [1.165, 1.54) is 18.4 Å². The monoisotopic (exact) mass is 195 g/mol. The van der Waals surface area contributed by atoms with E-state index in [9.17, 15) is 0 Å². The van der Waals surface area contributed by atoms with Crippen LogP contribution in [0.1, 0.15) is 44.7 Å². The Hall–Kier alpha value is -0.830. The zero-order valence-electron chi connectivity index (χ0n) is 9.45. The van der Waals surface area contributed by atoms with Crippen LogP contribution in [0.4, 0.5) is 0 Å². The van der Waals surface area contributed by atoms with E-state index in [-0.39, 0.29) is 0 Å². The molecule has 3 heteroatoms. The van der Waals surface area contributed by atoms with Gasteiger partial charge in [0.1, 0.15) is 0 Å². The minimum Gasteiger partial charge on any atom is -0.313 e. The lowest BCUT2D eigenvalue weighted by Crippen LogP contribution is -2.14. The van der Waals surface area contributed by atoms with Gasteiger partial charge in [0.25, 0.3) is 0 Å². The Morgan fingerprint density at radius 1 is 1.50 bits per heavy atom. The van der Waals surface area contributed by atoms with E-state index in [4.69, 9.17) is 0 Å². The zero-order chi connectivity index (χ0) is 10.4. The zero-order valence-corrected chi connectivity index (χ0v) is 9.45. The van der Waals surface area contributed by atoms with Crippen molar-refractivity contribution in [1.29, 1.82) is 0 Å². The number of rotatable bonds is 6. The van der Waals surface area contributed by atoms with Crippen LogP contribution >= 0.6 is 0 Å². The number of aryl methyl sites for hydroxylation is 1. The number of aromatic nitrogens is 2. The molecule has 0 fully saturated rings. The molecule has 1 aromatic rings. The van der Waals surface area contributed by atoms with Crippen LogP contribution in [-0.2, 0) is 6.54 Å². The van der Waals surface area contributed by atoms with Crippen LogP contribution in [0.5, 0.6) is 0 Å². The fourth-order valence-electron chi connectivity index (χ4n) is 1.61. The minimum absolute atomic E-state index is 0.449. The molecule has 0 aliphatic carbocycles. The lowest BCUT2D eigenvalue weighted by molar-refractivity contribution is 0.560. The van der Waals surface area contributed by atoms with E-state index in [1.807, 2.05) is 17.9 Å². The summed E-state index contributed by atoms with van der Waals surface area (Å²) in [4.78, 5) is 0. The van der Waals surface area contributed by atoms with Gasteiger partial charge < -0.3 is 5.32 Å². The van der Waals surface area contributed by atoms with Gasteiger partial charge in [0.15, 0.2) is 0 Å².